The molecule has 1 N–H and O–H groups in total. The maximum atomic E-state index is 3.66. The third-order valence-corrected chi connectivity index (χ3v) is 5.37. The van der Waals surface area contributed by atoms with Gasteiger partial charge in [0.2, 0.25) is 0 Å². The Morgan fingerprint density at radius 2 is 2.11 bits per heavy atom. The van der Waals surface area contributed by atoms with E-state index < -0.39 is 0 Å². The lowest BCUT2D eigenvalue weighted by Gasteiger charge is -2.20. The van der Waals surface area contributed by atoms with Crippen molar-refractivity contribution in [3.05, 3.63) is 55.3 Å². The monoisotopic (exact) mass is 371 g/mol. The number of hydrogen-bond acceptors (Lipinski definition) is 2. The van der Waals surface area contributed by atoms with E-state index in [0.29, 0.717) is 6.04 Å². The Hall–Kier alpha value is -0.390. The summed E-state index contributed by atoms with van der Waals surface area (Å²) in [7, 11) is 0. The minimum Gasteiger partial charge on any atom is -0.306 e. The molecule has 3 heteroatoms. The molecule has 1 aromatic heterocycles. The third kappa shape index (κ3) is 3.13. The maximum Gasteiger partial charge on any atom is 0.0681 e. The molecule has 0 amide bonds. The molecule has 1 aromatic carbocycles. The molecule has 0 saturated heterocycles. The van der Waals surface area contributed by atoms with Crippen molar-refractivity contribution in [1.82, 2.24) is 5.32 Å². The van der Waals surface area contributed by atoms with Crippen molar-refractivity contribution >= 4 is 33.9 Å². The maximum absolute atomic E-state index is 3.66. The van der Waals surface area contributed by atoms with Crippen LogP contribution in [-0.4, -0.2) is 6.54 Å². The molecule has 0 bridgehead atoms. The Balaban J connectivity index is 2.37. The minimum absolute atomic E-state index is 0.330. The Bertz CT molecular complexity index is 493. The molecular weight excluding hydrogens is 353 g/mol. The predicted octanol–water partition coefficient (Wildman–Crippen LogP) is 4.75. The Labute approximate surface area is 127 Å². The molecule has 18 heavy (non-hydrogen) atoms. The molecule has 1 nitrogen and oxygen atoms in total. The molecule has 0 aliphatic carbocycles. The number of thiophene rings is 1. The van der Waals surface area contributed by atoms with Crippen molar-refractivity contribution in [3.8, 4) is 0 Å². The summed E-state index contributed by atoms with van der Waals surface area (Å²) < 4.78 is 1.37. The molecule has 96 valence electrons. The Morgan fingerprint density at radius 1 is 1.28 bits per heavy atom. The first-order valence-electron chi connectivity index (χ1n) is 6.25. The topological polar surface area (TPSA) is 12.0 Å². The van der Waals surface area contributed by atoms with Gasteiger partial charge in [0, 0.05) is 8.45 Å². The van der Waals surface area contributed by atoms with Crippen molar-refractivity contribution in [1.29, 1.82) is 0 Å². The van der Waals surface area contributed by atoms with E-state index >= 15 is 0 Å². The number of aryl methyl sites for hydroxylation is 1. The van der Waals surface area contributed by atoms with Crippen molar-refractivity contribution < 1.29 is 0 Å². The van der Waals surface area contributed by atoms with Gasteiger partial charge in [-0.15, -0.1) is 11.3 Å². The van der Waals surface area contributed by atoms with Gasteiger partial charge in [0.05, 0.1) is 6.04 Å². The highest BCUT2D eigenvalue weighted by atomic mass is 127. The quantitative estimate of drug-likeness (QED) is 0.748. The molecule has 2 rings (SSSR count). The second-order valence-corrected chi connectivity index (χ2v) is 6.44. The highest BCUT2D eigenvalue weighted by Crippen LogP contribution is 2.30. The third-order valence-electron chi connectivity index (χ3n) is 2.96. The standard InChI is InChI=1S/C15H18INS/c1-3-9-17-15(13-8-5-10-18-13)12-7-4-6-11(2)14(12)16/h4-8,10,15,17H,3,9H2,1-2H3. The lowest BCUT2D eigenvalue weighted by molar-refractivity contribution is 0.603. The van der Waals surface area contributed by atoms with Gasteiger partial charge >= 0.3 is 0 Å². The highest BCUT2D eigenvalue weighted by Gasteiger charge is 2.17. The van der Waals surface area contributed by atoms with Crippen LogP contribution in [0.25, 0.3) is 0 Å². The van der Waals surface area contributed by atoms with Gasteiger partial charge in [-0.2, -0.15) is 0 Å². The van der Waals surface area contributed by atoms with Crippen molar-refractivity contribution in [3.63, 3.8) is 0 Å². The van der Waals surface area contributed by atoms with Crippen LogP contribution in [0.5, 0.6) is 0 Å². The average molecular weight is 371 g/mol. The lowest BCUT2D eigenvalue weighted by atomic mass is 10.0. The first kappa shape index (κ1) is 14.0. The van der Waals surface area contributed by atoms with Gasteiger partial charge in [-0.25, -0.2) is 0 Å². The molecule has 1 heterocycles. The average Bonchev–Trinajstić information content (AvgIpc) is 2.88. The summed E-state index contributed by atoms with van der Waals surface area (Å²) >= 11 is 4.29. The zero-order valence-electron chi connectivity index (χ0n) is 10.7. The molecule has 0 aliphatic heterocycles. The molecule has 0 radical (unpaired) electrons. The Kier molecular flexibility index (Phi) is 5.21. The lowest BCUT2D eigenvalue weighted by Crippen LogP contribution is -2.23. The Morgan fingerprint density at radius 3 is 2.78 bits per heavy atom. The van der Waals surface area contributed by atoms with Crippen LogP contribution >= 0.6 is 33.9 Å². The van der Waals surface area contributed by atoms with Gasteiger partial charge in [0.25, 0.3) is 0 Å². The van der Waals surface area contributed by atoms with Crippen LogP contribution in [-0.2, 0) is 0 Å². The summed E-state index contributed by atoms with van der Waals surface area (Å²) in [6, 6.07) is 11.2. The molecule has 0 spiro atoms. The summed E-state index contributed by atoms with van der Waals surface area (Å²) in [6.45, 7) is 5.43. The number of benzene rings is 1. The van der Waals surface area contributed by atoms with Crippen molar-refractivity contribution in [2.24, 2.45) is 0 Å². The fraction of sp³-hybridized carbons (Fsp3) is 0.333. The summed E-state index contributed by atoms with van der Waals surface area (Å²) in [5, 5.41) is 5.81. The number of nitrogens with one attached hydrogen (secondary N) is 1. The van der Waals surface area contributed by atoms with Gasteiger partial charge in [-0.3, -0.25) is 0 Å². The predicted molar refractivity (Wildman–Crippen MR) is 88.4 cm³/mol. The second-order valence-electron chi connectivity index (χ2n) is 4.38. The van der Waals surface area contributed by atoms with E-state index in [0.717, 1.165) is 13.0 Å². The molecular formula is C15H18INS. The van der Waals surface area contributed by atoms with E-state index in [1.54, 1.807) is 0 Å². The first-order chi connectivity index (χ1) is 8.74. The van der Waals surface area contributed by atoms with Crippen LogP contribution in [0, 0.1) is 10.5 Å². The highest BCUT2D eigenvalue weighted by molar-refractivity contribution is 14.1. The summed E-state index contributed by atoms with van der Waals surface area (Å²) in [4.78, 5) is 1.40. The summed E-state index contributed by atoms with van der Waals surface area (Å²) in [6.07, 6.45) is 1.16. The number of halogens is 1. The van der Waals surface area contributed by atoms with Crippen LogP contribution in [0.15, 0.2) is 35.7 Å². The van der Waals surface area contributed by atoms with Crippen LogP contribution in [0.2, 0.25) is 0 Å². The van der Waals surface area contributed by atoms with Crippen LogP contribution in [0.4, 0.5) is 0 Å². The van der Waals surface area contributed by atoms with Gasteiger partial charge in [-0.05, 0) is 65.1 Å². The first-order valence-corrected chi connectivity index (χ1v) is 8.21. The molecule has 0 saturated carbocycles. The minimum atomic E-state index is 0.330. The van der Waals surface area contributed by atoms with Crippen LogP contribution in [0.3, 0.4) is 0 Å². The number of hydrogen-bond donors (Lipinski definition) is 1. The zero-order valence-corrected chi connectivity index (χ0v) is 13.7. The molecule has 0 fully saturated rings. The second kappa shape index (κ2) is 6.68. The van der Waals surface area contributed by atoms with Gasteiger partial charge in [-0.1, -0.05) is 31.2 Å². The van der Waals surface area contributed by atoms with E-state index in [1.165, 1.54) is 19.6 Å². The van der Waals surface area contributed by atoms with E-state index in [1.807, 2.05) is 11.3 Å². The summed E-state index contributed by atoms with van der Waals surface area (Å²) in [5.74, 6) is 0. The van der Waals surface area contributed by atoms with E-state index in [2.05, 4.69) is 77.5 Å². The SMILES string of the molecule is CCCNC(c1cccs1)c1cccc(C)c1I. The van der Waals surface area contributed by atoms with Crippen molar-refractivity contribution in [2.75, 3.05) is 6.54 Å². The molecule has 2 aromatic rings. The summed E-state index contributed by atoms with van der Waals surface area (Å²) in [5.41, 5.74) is 2.75. The largest absolute Gasteiger partial charge is 0.306 e. The van der Waals surface area contributed by atoms with E-state index in [4.69, 9.17) is 0 Å². The van der Waals surface area contributed by atoms with Crippen LogP contribution in [0.1, 0.15) is 35.4 Å². The van der Waals surface area contributed by atoms with Gasteiger partial charge in [0.15, 0.2) is 0 Å². The smallest absolute Gasteiger partial charge is 0.0681 e. The number of rotatable bonds is 5. The molecule has 0 aliphatic rings. The fourth-order valence-corrected chi connectivity index (χ4v) is 3.49. The normalized spacial score (nSPS) is 12.6. The van der Waals surface area contributed by atoms with Crippen molar-refractivity contribution in [2.45, 2.75) is 26.3 Å². The zero-order chi connectivity index (χ0) is 13.0. The van der Waals surface area contributed by atoms with Gasteiger partial charge in [0.1, 0.15) is 0 Å². The molecule has 1 atom stereocenters. The molecule has 1 unspecified atom stereocenters. The van der Waals surface area contributed by atoms with E-state index in [9.17, 15) is 0 Å². The fourth-order valence-electron chi connectivity index (χ4n) is 2.00. The van der Waals surface area contributed by atoms with Crippen LogP contribution < -0.4 is 5.32 Å². The van der Waals surface area contributed by atoms with E-state index in [-0.39, 0.29) is 0 Å². The van der Waals surface area contributed by atoms with Gasteiger partial charge < -0.3 is 5.32 Å².